The van der Waals surface area contributed by atoms with Crippen LogP contribution in [0, 0.1) is 11.3 Å². The van der Waals surface area contributed by atoms with Gasteiger partial charge in [0, 0.05) is 6.20 Å². The van der Waals surface area contributed by atoms with E-state index in [0.29, 0.717) is 0 Å². The summed E-state index contributed by atoms with van der Waals surface area (Å²) in [6.07, 6.45) is -2.00. The number of rotatable bonds is 3. The number of pyridine rings is 1. The number of ether oxygens (including phenoxy) is 1. The number of nitrogens with zero attached hydrogens (tertiary/aromatic N) is 2. The smallest absolute Gasteiger partial charge is 0.311 e. The van der Waals surface area contributed by atoms with Crippen molar-refractivity contribution in [2.45, 2.75) is 12.8 Å². The monoisotopic (exact) mass is 226 g/mol. The molecule has 0 aromatic carbocycles. The van der Waals surface area contributed by atoms with Crippen molar-refractivity contribution in [2.75, 3.05) is 7.11 Å². The zero-order valence-electron chi connectivity index (χ0n) is 8.41. The van der Waals surface area contributed by atoms with Gasteiger partial charge < -0.3 is 4.74 Å². The van der Waals surface area contributed by atoms with E-state index in [1.165, 1.54) is 12.3 Å². The molecule has 0 saturated heterocycles. The summed E-state index contributed by atoms with van der Waals surface area (Å²) in [4.78, 5) is 14.6. The van der Waals surface area contributed by atoms with E-state index in [2.05, 4.69) is 9.72 Å². The maximum absolute atomic E-state index is 12.7. The van der Waals surface area contributed by atoms with Gasteiger partial charge in [0.25, 0.3) is 6.43 Å². The van der Waals surface area contributed by atoms with Crippen LogP contribution in [0.2, 0.25) is 0 Å². The fourth-order valence-corrected chi connectivity index (χ4v) is 1.21. The zero-order valence-corrected chi connectivity index (χ0v) is 8.41. The molecule has 0 aliphatic carbocycles. The number of methoxy groups -OCH3 is 1. The summed E-state index contributed by atoms with van der Waals surface area (Å²) in [6.45, 7) is 0. The van der Waals surface area contributed by atoms with E-state index in [1.54, 1.807) is 6.07 Å². The lowest BCUT2D eigenvalue weighted by Gasteiger charge is -2.08. The number of halogens is 2. The van der Waals surface area contributed by atoms with Crippen LogP contribution in [0.3, 0.4) is 0 Å². The van der Waals surface area contributed by atoms with E-state index in [0.717, 1.165) is 7.11 Å². The molecule has 1 heterocycles. The Bertz CT molecular complexity index is 441. The zero-order chi connectivity index (χ0) is 12.1. The van der Waals surface area contributed by atoms with Crippen molar-refractivity contribution in [1.29, 1.82) is 5.26 Å². The first kappa shape index (κ1) is 12.0. The van der Waals surface area contributed by atoms with E-state index in [4.69, 9.17) is 5.26 Å². The molecular formula is C10H8F2N2O2. The second-order valence-electron chi connectivity index (χ2n) is 2.88. The van der Waals surface area contributed by atoms with Crippen molar-refractivity contribution in [3.63, 3.8) is 0 Å². The Morgan fingerprint density at radius 1 is 1.69 bits per heavy atom. The van der Waals surface area contributed by atoms with E-state index in [9.17, 15) is 13.6 Å². The van der Waals surface area contributed by atoms with Crippen molar-refractivity contribution in [3.05, 3.63) is 29.1 Å². The molecule has 1 rings (SSSR count). The Kier molecular flexibility index (Phi) is 3.89. The highest BCUT2D eigenvalue weighted by Gasteiger charge is 2.20. The number of nitriles is 1. The number of aromatic nitrogens is 1. The van der Waals surface area contributed by atoms with Gasteiger partial charge in [-0.3, -0.25) is 9.78 Å². The Morgan fingerprint density at radius 2 is 2.38 bits per heavy atom. The molecule has 16 heavy (non-hydrogen) atoms. The molecule has 1 aromatic heterocycles. The van der Waals surface area contributed by atoms with Gasteiger partial charge in [-0.05, 0) is 6.07 Å². The van der Waals surface area contributed by atoms with Crippen LogP contribution in [0.5, 0.6) is 0 Å². The summed E-state index contributed by atoms with van der Waals surface area (Å²) in [5.41, 5.74) is -0.805. The number of esters is 1. The second-order valence-corrected chi connectivity index (χ2v) is 2.88. The first-order valence-corrected chi connectivity index (χ1v) is 4.33. The summed E-state index contributed by atoms with van der Waals surface area (Å²) in [7, 11) is 1.15. The molecule has 6 heteroatoms. The van der Waals surface area contributed by atoms with Crippen LogP contribution in [-0.4, -0.2) is 18.1 Å². The summed E-state index contributed by atoms with van der Waals surface area (Å²) in [5, 5.41) is 8.66. The van der Waals surface area contributed by atoms with E-state index < -0.39 is 18.0 Å². The maximum atomic E-state index is 12.7. The molecular weight excluding hydrogens is 218 g/mol. The molecule has 0 N–H and O–H groups in total. The van der Waals surface area contributed by atoms with E-state index in [-0.39, 0.29) is 17.7 Å². The quantitative estimate of drug-likeness (QED) is 0.734. The topological polar surface area (TPSA) is 63.0 Å². The fourth-order valence-electron chi connectivity index (χ4n) is 1.21. The Morgan fingerprint density at radius 3 is 2.88 bits per heavy atom. The number of carbonyl (C=O) groups is 1. The maximum Gasteiger partial charge on any atom is 0.311 e. The molecule has 0 atom stereocenters. The Balaban J connectivity index is 3.18. The van der Waals surface area contributed by atoms with Crippen LogP contribution in [-0.2, 0) is 16.0 Å². The van der Waals surface area contributed by atoms with Gasteiger partial charge in [-0.1, -0.05) is 0 Å². The lowest BCUT2D eigenvalue weighted by molar-refractivity contribution is -0.139. The van der Waals surface area contributed by atoms with Crippen molar-refractivity contribution < 1.29 is 18.3 Å². The van der Waals surface area contributed by atoms with E-state index in [1.807, 2.05) is 0 Å². The molecule has 84 valence electrons. The predicted octanol–water partition coefficient (Wildman–Crippen LogP) is 1.61. The lowest BCUT2D eigenvalue weighted by atomic mass is 10.1. The van der Waals surface area contributed by atoms with Crippen molar-refractivity contribution in [1.82, 2.24) is 4.98 Å². The van der Waals surface area contributed by atoms with Crippen LogP contribution >= 0.6 is 0 Å². The normalized spacial score (nSPS) is 9.94. The SMILES string of the molecule is COC(=O)Cc1nccc(C#N)c1C(F)F. The van der Waals surface area contributed by atoms with Gasteiger partial charge in [0.2, 0.25) is 0 Å². The van der Waals surface area contributed by atoms with Crippen LogP contribution in [0.4, 0.5) is 8.78 Å². The molecule has 0 radical (unpaired) electrons. The van der Waals surface area contributed by atoms with E-state index >= 15 is 0 Å². The Labute approximate surface area is 90.5 Å². The molecule has 0 aliphatic heterocycles. The first-order valence-electron chi connectivity index (χ1n) is 4.33. The highest BCUT2D eigenvalue weighted by molar-refractivity contribution is 5.72. The largest absolute Gasteiger partial charge is 0.469 e. The standard InChI is InChI=1S/C10H8F2N2O2/c1-16-8(15)4-7-9(10(11)12)6(5-13)2-3-14-7/h2-3,10H,4H2,1H3. The molecule has 0 unspecified atom stereocenters. The van der Waals surface area contributed by atoms with Gasteiger partial charge in [0.05, 0.1) is 36.4 Å². The van der Waals surface area contributed by atoms with Gasteiger partial charge in [-0.2, -0.15) is 5.26 Å². The third-order valence-electron chi connectivity index (χ3n) is 1.95. The third-order valence-corrected chi connectivity index (χ3v) is 1.95. The highest BCUT2D eigenvalue weighted by Crippen LogP contribution is 2.25. The molecule has 4 nitrogen and oxygen atoms in total. The van der Waals surface area contributed by atoms with Crippen LogP contribution in [0.25, 0.3) is 0 Å². The van der Waals surface area contributed by atoms with Crippen molar-refractivity contribution in [2.24, 2.45) is 0 Å². The van der Waals surface area contributed by atoms with Gasteiger partial charge in [0.15, 0.2) is 0 Å². The van der Waals surface area contributed by atoms with Gasteiger partial charge in [-0.15, -0.1) is 0 Å². The average Bonchev–Trinajstić information content (AvgIpc) is 2.28. The molecule has 0 aliphatic rings. The number of carbonyl (C=O) groups excluding carboxylic acids is 1. The molecule has 0 spiro atoms. The minimum Gasteiger partial charge on any atom is -0.469 e. The van der Waals surface area contributed by atoms with Gasteiger partial charge in [0.1, 0.15) is 0 Å². The van der Waals surface area contributed by atoms with Gasteiger partial charge >= 0.3 is 5.97 Å². The van der Waals surface area contributed by atoms with Crippen molar-refractivity contribution >= 4 is 5.97 Å². The summed E-state index contributed by atoms with van der Waals surface area (Å²) >= 11 is 0. The molecule has 0 amide bonds. The molecule has 1 aromatic rings. The minimum absolute atomic E-state index is 0.124. The highest BCUT2D eigenvalue weighted by atomic mass is 19.3. The molecule has 0 fully saturated rings. The Hall–Kier alpha value is -2.03. The summed E-state index contributed by atoms with van der Waals surface area (Å²) < 4.78 is 29.7. The predicted molar refractivity (Wildman–Crippen MR) is 49.6 cm³/mol. The van der Waals surface area contributed by atoms with Crippen LogP contribution in [0.1, 0.15) is 23.2 Å². The third kappa shape index (κ3) is 2.51. The van der Waals surface area contributed by atoms with Gasteiger partial charge in [-0.25, -0.2) is 8.78 Å². The number of hydrogen-bond donors (Lipinski definition) is 0. The summed E-state index contributed by atoms with van der Waals surface area (Å²) in [5.74, 6) is -0.676. The summed E-state index contributed by atoms with van der Waals surface area (Å²) in [6, 6.07) is 2.82. The van der Waals surface area contributed by atoms with Crippen LogP contribution in [0.15, 0.2) is 12.3 Å². The fraction of sp³-hybridized carbons (Fsp3) is 0.300. The number of alkyl halides is 2. The first-order chi connectivity index (χ1) is 7.60. The molecule has 0 saturated carbocycles. The molecule has 0 bridgehead atoms. The number of hydrogen-bond acceptors (Lipinski definition) is 4. The average molecular weight is 226 g/mol. The van der Waals surface area contributed by atoms with Crippen molar-refractivity contribution in [3.8, 4) is 6.07 Å². The minimum atomic E-state index is -2.84. The van der Waals surface area contributed by atoms with Crippen LogP contribution < -0.4 is 0 Å². The lowest BCUT2D eigenvalue weighted by Crippen LogP contribution is -2.10. The second kappa shape index (κ2) is 5.16.